The predicted molar refractivity (Wildman–Crippen MR) is 69.1 cm³/mol. The zero-order valence-corrected chi connectivity index (χ0v) is 13.0. The number of hydrogen-bond donors (Lipinski definition) is 0. The summed E-state index contributed by atoms with van der Waals surface area (Å²) < 4.78 is 3.60. The van der Waals surface area contributed by atoms with E-state index in [4.69, 9.17) is 0 Å². The van der Waals surface area contributed by atoms with Gasteiger partial charge in [-0.05, 0) is 75.3 Å². The molecule has 0 saturated carbocycles. The Morgan fingerprint density at radius 3 is 2.36 bits per heavy atom. The molecule has 1 aromatic carbocycles. The minimum absolute atomic E-state index is 0.314. The lowest BCUT2D eigenvalue weighted by molar-refractivity contribution is 0.562. The molecule has 0 spiro atoms. The number of rotatable bonds is 2. The highest BCUT2D eigenvalue weighted by atomic mass is 79.9. The highest BCUT2D eigenvalue weighted by molar-refractivity contribution is 9.15. The fourth-order valence-electron chi connectivity index (χ4n) is 0.854. The Morgan fingerprint density at radius 2 is 1.79 bits per heavy atom. The van der Waals surface area contributed by atoms with Gasteiger partial charge in [-0.2, -0.15) is 0 Å². The summed E-state index contributed by atoms with van der Waals surface area (Å²) in [5.74, 6) is 0. The maximum atomic E-state index is 9.99. The molecule has 1 aromatic rings. The Morgan fingerprint density at radius 1 is 1.14 bits per heavy atom. The van der Waals surface area contributed by atoms with Crippen LogP contribution in [0.4, 0.5) is 0 Å². The van der Waals surface area contributed by atoms with Crippen LogP contribution in [0.1, 0.15) is 5.56 Å². The van der Waals surface area contributed by atoms with Crippen molar-refractivity contribution in [2.45, 2.75) is 6.54 Å². The van der Waals surface area contributed by atoms with Crippen LogP contribution in [0.5, 0.6) is 0 Å². The molecule has 0 amide bonds. The van der Waals surface area contributed by atoms with E-state index in [1.165, 1.54) is 6.08 Å². The van der Waals surface area contributed by atoms with Crippen molar-refractivity contribution in [1.29, 1.82) is 0 Å². The van der Waals surface area contributed by atoms with Crippen molar-refractivity contribution in [3.05, 3.63) is 29.5 Å². The van der Waals surface area contributed by atoms with Crippen LogP contribution in [0.2, 0.25) is 0 Å². The lowest BCUT2D eigenvalue weighted by Crippen LogP contribution is -1.87. The molecule has 0 aliphatic carbocycles. The van der Waals surface area contributed by atoms with E-state index in [-0.39, 0.29) is 0 Å². The van der Waals surface area contributed by atoms with E-state index in [0.29, 0.717) is 6.54 Å². The number of carbonyl (C=O) groups excluding carboxylic acids is 1. The molecule has 6 heteroatoms. The Kier molecular flexibility index (Phi) is 5.00. The zero-order valence-electron chi connectivity index (χ0n) is 6.65. The second-order valence-electron chi connectivity index (χ2n) is 2.37. The van der Waals surface area contributed by atoms with Crippen molar-refractivity contribution in [2.75, 3.05) is 0 Å². The Hall–Kier alpha value is 0.520. The van der Waals surface area contributed by atoms with Gasteiger partial charge in [0, 0.05) is 17.9 Å². The maximum Gasteiger partial charge on any atom is 0.235 e. The van der Waals surface area contributed by atoms with E-state index in [2.05, 4.69) is 68.7 Å². The molecule has 0 aromatic heterocycles. The summed E-state index contributed by atoms with van der Waals surface area (Å²) in [6, 6.07) is 1.89. The molecule has 0 fully saturated rings. The van der Waals surface area contributed by atoms with Crippen LogP contribution in [0.25, 0.3) is 0 Å². The van der Waals surface area contributed by atoms with Gasteiger partial charge in [-0.3, -0.25) is 0 Å². The molecule has 0 bridgehead atoms. The van der Waals surface area contributed by atoms with Crippen LogP contribution < -0.4 is 0 Å². The molecule has 14 heavy (non-hydrogen) atoms. The molecule has 1 rings (SSSR count). The zero-order chi connectivity index (χ0) is 10.7. The minimum atomic E-state index is 0.314. The molecule has 0 N–H and O–H groups in total. The first kappa shape index (κ1) is 12.6. The second kappa shape index (κ2) is 5.56. The fraction of sp³-hybridized carbons (Fsp3) is 0.125. The predicted octanol–water partition coefficient (Wildman–Crippen LogP) is 4.57. The number of aliphatic imine (C=N–C) groups is 1. The molecule has 0 aliphatic heterocycles. The molecule has 2 nitrogen and oxygen atoms in total. The third kappa shape index (κ3) is 2.76. The molecule has 0 atom stereocenters. The standard InChI is InChI=1S/C8H3Br4NO/c9-5-1-4(2-13-3-14)6(10)8(12)7(5)11/h1H,2H2. The number of halogens is 4. The number of benzene rings is 1. The van der Waals surface area contributed by atoms with Gasteiger partial charge in [0.15, 0.2) is 0 Å². The van der Waals surface area contributed by atoms with Gasteiger partial charge in [0.25, 0.3) is 0 Å². The number of nitrogens with zero attached hydrogens (tertiary/aromatic N) is 1. The summed E-state index contributed by atoms with van der Waals surface area (Å²) in [5.41, 5.74) is 0.912. The van der Waals surface area contributed by atoms with Gasteiger partial charge in [-0.25, -0.2) is 9.79 Å². The average Bonchev–Trinajstić information content (AvgIpc) is 2.18. The highest BCUT2D eigenvalue weighted by Gasteiger charge is 2.10. The number of isocyanates is 1. The first-order chi connectivity index (χ1) is 6.57. The van der Waals surface area contributed by atoms with Crippen molar-refractivity contribution in [2.24, 2.45) is 4.99 Å². The summed E-state index contributed by atoms with van der Waals surface area (Å²) in [6.07, 6.45) is 1.51. The quantitative estimate of drug-likeness (QED) is 0.282. The van der Waals surface area contributed by atoms with Crippen LogP contribution in [0.15, 0.2) is 28.9 Å². The average molecular weight is 449 g/mol. The monoisotopic (exact) mass is 445 g/mol. The van der Waals surface area contributed by atoms with Crippen LogP contribution in [-0.2, 0) is 11.3 Å². The fourth-order valence-corrected chi connectivity index (χ4v) is 3.08. The second-order valence-corrected chi connectivity index (χ2v) is 5.60. The molecule has 74 valence electrons. The van der Waals surface area contributed by atoms with Gasteiger partial charge in [-0.15, -0.1) is 0 Å². The first-order valence-electron chi connectivity index (χ1n) is 3.43. The topological polar surface area (TPSA) is 29.4 Å². The summed E-state index contributed by atoms with van der Waals surface area (Å²) in [6.45, 7) is 0.314. The first-order valence-corrected chi connectivity index (χ1v) is 6.60. The Bertz CT molecular complexity index is 412. The van der Waals surface area contributed by atoms with Gasteiger partial charge in [0.1, 0.15) is 0 Å². The van der Waals surface area contributed by atoms with E-state index in [1.807, 2.05) is 6.07 Å². The molecule has 0 radical (unpaired) electrons. The van der Waals surface area contributed by atoms with E-state index in [9.17, 15) is 4.79 Å². The Labute approximate surface area is 115 Å². The highest BCUT2D eigenvalue weighted by Crippen LogP contribution is 2.39. The lowest BCUT2D eigenvalue weighted by Gasteiger charge is -2.07. The van der Waals surface area contributed by atoms with E-state index in [0.717, 1.165) is 23.5 Å². The SMILES string of the molecule is O=C=NCc1cc(Br)c(Br)c(Br)c1Br. The normalized spacial score (nSPS) is 9.71. The molecular formula is C8H3Br4NO. The van der Waals surface area contributed by atoms with Gasteiger partial charge in [0.05, 0.1) is 6.54 Å². The van der Waals surface area contributed by atoms with Crippen molar-refractivity contribution >= 4 is 69.8 Å². The summed E-state index contributed by atoms with van der Waals surface area (Å²) >= 11 is 13.6. The van der Waals surface area contributed by atoms with Crippen LogP contribution in [0.3, 0.4) is 0 Å². The third-order valence-corrected chi connectivity index (χ3v) is 6.24. The van der Waals surface area contributed by atoms with E-state index < -0.39 is 0 Å². The largest absolute Gasteiger partial charge is 0.235 e. The minimum Gasteiger partial charge on any atom is -0.211 e. The van der Waals surface area contributed by atoms with Crippen molar-refractivity contribution in [1.82, 2.24) is 0 Å². The van der Waals surface area contributed by atoms with Crippen LogP contribution >= 0.6 is 63.7 Å². The third-order valence-electron chi connectivity index (χ3n) is 1.49. The maximum absolute atomic E-state index is 9.99. The van der Waals surface area contributed by atoms with Crippen molar-refractivity contribution in [3.8, 4) is 0 Å². The summed E-state index contributed by atoms with van der Waals surface area (Å²) in [5, 5.41) is 0. The van der Waals surface area contributed by atoms with E-state index in [1.54, 1.807) is 0 Å². The van der Waals surface area contributed by atoms with Gasteiger partial charge >= 0.3 is 0 Å². The molecular weight excluding hydrogens is 446 g/mol. The summed E-state index contributed by atoms with van der Waals surface area (Å²) in [4.78, 5) is 13.5. The molecule has 0 saturated heterocycles. The number of hydrogen-bond acceptors (Lipinski definition) is 2. The summed E-state index contributed by atoms with van der Waals surface area (Å²) in [7, 11) is 0. The van der Waals surface area contributed by atoms with Gasteiger partial charge in [-0.1, -0.05) is 0 Å². The van der Waals surface area contributed by atoms with E-state index >= 15 is 0 Å². The molecule has 0 aliphatic rings. The molecule has 0 heterocycles. The van der Waals surface area contributed by atoms with Crippen molar-refractivity contribution < 1.29 is 4.79 Å². The van der Waals surface area contributed by atoms with Crippen LogP contribution in [0, 0.1) is 0 Å². The van der Waals surface area contributed by atoms with Crippen LogP contribution in [-0.4, -0.2) is 6.08 Å². The smallest absolute Gasteiger partial charge is 0.211 e. The lowest BCUT2D eigenvalue weighted by atomic mass is 10.2. The Balaban J connectivity index is 3.25. The van der Waals surface area contributed by atoms with Gasteiger partial charge < -0.3 is 0 Å². The van der Waals surface area contributed by atoms with Crippen molar-refractivity contribution in [3.63, 3.8) is 0 Å². The van der Waals surface area contributed by atoms with Gasteiger partial charge in [0.2, 0.25) is 6.08 Å². The molecule has 0 unspecified atom stereocenters.